The molecule has 0 fully saturated rings. The van der Waals surface area contributed by atoms with Gasteiger partial charge in [0.1, 0.15) is 12.3 Å². The van der Waals surface area contributed by atoms with E-state index in [2.05, 4.69) is 6.58 Å². The Hall–Kier alpha value is -2.80. The summed E-state index contributed by atoms with van der Waals surface area (Å²) >= 11 is 0. The van der Waals surface area contributed by atoms with Crippen molar-refractivity contribution in [3.63, 3.8) is 0 Å². The van der Waals surface area contributed by atoms with Crippen LogP contribution < -0.4 is 9.04 Å². The number of nitrogens with zero attached hydrogens (tertiary/aromatic N) is 2. The summed E-state index contributed by atoms with van der Waals surface area (Å²) in [5.74, 6) is 0.311. The number of anilines is 1. The molecular weight excluding hydrogens is 376 g/mol. The van der Waals surface area contributed by atoms with Crippen LogP contribution in [0.5, 0.6) is 5.75 Å². The molecular formula is C21H26N2O4S. The lowest BCUT2D eigenvalue weighted by Gasteiger charge is -2.28. The first kappa shape index (κ1) is 21.5. The van der Waals surface area contributed by atoms with Crippen molar-refractivity contribution in [3.8, 4) is 5.75 Å². The van der Waals surface area contributed by atoms with E-state index in [1.165, 1.54) is 19.2 Å². The average molecular weight is 403 g/mol. The van der Waals surface area contributed by atoms with Gasteiger partial charge in [0.15, 0.2) is 0 Å². The van der Waals surface area contributed by atoms with Crippen molar-refractivity contribution in [2.24, 2.45) is 0 Å². The van der Waals surface area contributed by atoms with E-state index in [9.17, 15) is 13.2 Å². The van der Waals surface area contributed by atoms with Gasteiger partial charge in [-0.25, -0.2) is 8.42 Å². The molecule has 0 aromatic heterocycles. The molecule has 0 saturated carbocycles. The SMILES string of the molecule is C=C(C)CN(CC)C(=O)CN(c1ccc(OC)cc1)S(=O)(=O)c1ccccc1. The number of sulfonamides is 1. The van der Waals surface area contributed by atoms with Crippen LogP contribution in [0.2, 0.25) is 0 Å². The number of likely N-dealkylation sites (N-methyl/N-ethyl adjacent to an activating group) is 1. The number of ether oxygens (including phenoxy) is 1. The zero-order valence-corrected chi connectivity index (χ0v) is 17.3. The third-order valence-corrected chi connectivity index (χ3v) is 5.95. The van der Waals surface area contributed by atoms with Crippen molar-refractivity contribution in [2.75, 3.05) is 31.0 Å². The summed E-state index contributed by atoms with van der Waals surface area (Å²) in [5.41, 5.74) is 1.22. The molecule has 0 spiro atoms. The molecule has 0 N–H and O–H groups in total. The third-order valence-electron chi connectivity index (χ3n) is 4.17. The predicted molar refractivity (Wildman–Crippen MR) is 111 cm³/mol. The summed E-state index contributed by atoms with van der Waals surface area (Å²) in [5, 5.41) is 0. The van der Waals surface area contributed by atoms with Crippen LogP contribution in [0.4, 0.5) is 5.69 Å². The Balaban J connectivity index is 2.44. The number of hydrogen-bond donors (Lipinski definition) is 0. The van der Waals surface area contributed by atoms with Crippen LogP contribution in [0.15, 0.2) is 71.6 Å². The molecule has 0 atom stereocenters. The highest BCUT2D eigenvalue weighted by Crippen LogP contribution is 2.26. The van der Waals surface area contributed by atoms with Gasteiger partial charge in [-0.2, -0.15) is 0 Å². The van der Waals surface area contributed by atoms with Crippen LogP contribution in [0.25, 0.3) is 0 Å². The highest BCUT2D eigenvalue weighted by Gasteiger charge is 2.28. The van der Waals surface area contributed by atoms with Crippen molar-refractivity contribution < 1.29 is 17.9 Å². The monoisotopic (exact) mass is 402 g/mol. The van der Waals surface area contributed by atoms with Gasteiger partial charge in [-0.3, -0.25) is 9.10 Å². The van der Waals surface area contributed by atoms with Gasteiger partial charge in [-0.15, -0.1) is 0 Å². The van der Waals surface area contributed by atoms with Crippen molar-refractivity contribution >= 4 is 21.6 Å². The quantitative estimate of drug-likeness (QED) is 0.604. The Morgan fingerprint density at radius 1 is 1.04 bits per heavy atom. The second-order valence-corrected chi connectivity index (χ2v) is 8.25. The molecule has 7 heteroatoms. The molecule has 150 valence electrons. The van der Waals surface area contributed by atoms with E-state index in [4.69, 9.17) is 4.74 Å². The summed E-state index contributed by atoms with van der Waals surface area (Å²) in [6.45, 7) is 8.07. The van der Waals surface area contributed by atoms with Gasteiger partial charge in [0.05, 0.1) is 17.7 Å². The Labute approximate surface area is 167 Å². The minimum absolute atomic E-state index is 0.126. The van der Waals surface area contributed by atoms with Gasteiger partial charge >= 0.3 is 0 Å². The molecule has 0 saturated heterocycles. The minimum atomic E-state index is -3.92. The molecule has 1 amide bonds. The lowest BCUT2D eigenvalue weighted by Crippen LogP contribution is -2.43. The van der Waals surface area contributed by atoms with Crippen LogP contribution in [-0.4, -0.2) is 46.0 Å². The smallest absolute Gasteiger partial charge is 0.264 e. The van der Waals surface area contributed by atoms with E-state index in [0.717, 1.165) is 9.88 Å². The zero-order valence-electron chi connectivity index (χ0n) is 16.5. The van der Waals surface area contributed by atoms with Gasteiger partial charge in [-0.05, 0) is 50.2 Å². The number of rotatable bonds is 9. The third kappa shape index (κ3) is 5.13. The van der Waals surface area contributed by atoms with Gasteiger partial charge in [0, 0.05) is 13.1 Å². The lowest BCUT2D eigenvalue weighted by molar-refractivity contribution is -0.128. The first-order valence-electron chi connectivity index (χ1n) is 8.93. The maximum atomic E-state index is 13.3. The standard InChI is InChI=1S/C21H26N2O4S/c1-5-22(15-17(2)3)21(24)16-23(18-11-13-19(27-4)14-12-18)28(25,26)20-9-7-6-8-10-20/h6-14H,2,5,15-16H2,1,3-4H3. The van der Waals surface area contributed by atoms with Gasteiger partial charge in [0.25, 0.3) is 10.0 Å². The predicted octanol–water partition coefficient (Wildman–Crippen LogP) is 3.32. The Bertz CT molecular complexity index is 909. The van der Waals surface area contributed by atoms with Crippen molar-refractivity contribution in [3.05, 3.63) is 66.7 Å². The van der Waals surface area contributed by atoms with E-state index in [0.29, 0.717) is 24.5 Å². The van der Waals surface area contributed by atoms with Crippen LogP contribution >= 0.6 is 0 Å². The summed E-state index contributed by atoms with van der Waals surface area (Å²) in [6, 6.07) is 14.7. The van der Waals surface area contributed by atoms with Crippen LogP contribution in [0, 0.1) is 0 Å². The van der Waals surface area contributed by atoms with Gasteiger partial charge in [0.2, 0.25) is 5.91 Å². The topological polar surface area (TPSA) is 66.9 Å². The molecule has 0 radical (unpaired) electrons. The fourth-order valence-corrected chi connectivity index (χ4v) is 4.14. The van der Waals surface area contributed by atoms with E-state index < -0.39 is 10.0 Å². The number of carbonyl (C=O) groups excluding carboxylic acids is 1. The highest BCUT2D eigenvalue weighted by molar-refractivity contribution is 7.92. The molecule has 0 heterocycles. The molecule has 0 aliphatic carbocycles. The summed E-state index contributed by atoms with van der Waals surface area (Å²) < 4.78 is 32.8. The van der Waals surface area contributed by atoms with E-state index in [1.807, 2.05) is 13.8 Å². The summed E-state index contributed by atoms with van der Waals surface area (Å²) in [4.78, 5) is 14.6. The number of hydrogen-bond acceptors (Lipinski definition) is 4. The minimum Gasteiger partial charge on any atom is -0.497 e. The second kappa shape index (κ2) is 9.41. The van der Waals surface area contributed by atoms with Crippen molar-refractivity contribution in [1.29, 1.82) is 0 Å². The molecule has 2 aromatic carbocycles. The molecule has 0 aliphatic rings. The molecule has 2 rings (SSSR count). The van der Waals surface area contributed by atoms with Crippen molar-refractivity contribution in [1.82, 2.24) is 4.90 Å². The fourth-order valence-electron chi connectivity index (χ4n) is 2.71. The van der Waals surface area contributed by atoms with E-state index in [-0.39, 0.29) is 17.3 Å². The Morgan fingerprint density at radius 3 is 2.14 bits per heavy atom. The lowest BCUT2D eigenvalue weighted by atomic mass is 10.3. The molecule has 6 nitrogen and oxygen atoms in total. The second-order valence-electron chi connectivity index (χ2n) is 6.39. The summed E-state index contributed by atoms with van der Waals surface area (Å²) in [6.07, 6.45) is 0. The number of benzene rings is 2. The Kier molecular flexibility index (Phi) is 7.23. The highest BCUT2D eigenvalue weighted by atomic mass is 32.2. The number of carbonyl (C=O) groups is 1. The number of amides is 1. The maximum absolute atomic E-state index is 13.3. The van der Waals surface area contributed by atoms with E-state index in [1.54, 1.807) is 47.4 Å². The van der Waals surface area contributed by atoms with Crippen LogP contribution in [0.3, 0.4) is 0 Å². The first-order valence-corrected chi connectivity index (χ1v) is 10.4. The maximum Gasteiger partial charge on any atom is 0.264 e. The van der Waals surface area contributed by atoms with Gasteiger partial charge in [-0.1, -0.05) is 30.4 Å². The molecule has 0 aliphatic heterocycles. The number of methoxy groups -OCH3 is 1. The molecule has 2 aromatic rings. The van der Waals surface area contributed by atoms with Crippen molar-refractivity contribution in [2.45, 2.75) is 18.7 Å². The van der Waals surface area contributed by atoms with E-state index >= 15 is 0 Å². The van der Waals surface area contributed by atoms with Crippen LogP contribution in [-0.2, 0) is 14.8 Å². The first-order chi connectivity index (χ1) is 13.3. The van der Waals surface area contributed by atoms with Crippen LogP contribution in [0.1, 0.15) is 13.8 Å². The Morgan fingerprint density at radius 2 is 1.64 bits per heavy atom. The normalized spacial score (nSPS) is 11.0. The largest absolute Gasteiger partial charge is 0.497 e. The average Bonchev–Trinajstić information content (AvgIpc) is 2.70. The molecule has 0 unspecified atom stereocenters. The van der Waals surface area contributed by atoms with Gasteiger partial charge < -0.3 is 9.64 Å². The molecule has 28 heavy (non-hydrogen) atoms. The fraction of sp³-hybridized carbons (Fsp3) is 0.286. The zero-order chi connectivity index (χ0) is 20.7. The molecule has 0 bridgehead atoms. The summed E-state index contributed by atoms with van der Waals surface area (Å²) in [7, 11) is -2.38.